The molecule has 0 aliphatic carbocycles. The Bertz CT molecular complexity index is 1300. The minimum absolute atomic E-state index is 0.166. The van der Waals surface area contributed by atoms with E-state index < -0.39 is 11.8 Å². The number of pyridine rings is 1. The number of benzene rings is 1. The molecule has 1 aromatic carbocycles. The molecule has 3 aromatic rings. The van der Waals surface area contributed by atoms with Crippen LogP contribution in [0.5, 0.6) is 0 Å². The Balaban J connectivity index is 1.36. The highest BCUT2D eigenvalue weighted by Crippen LogP contribution is 2.35. The molecule has 5 rings (SSSR count). The number of rotatable bonds is 4. The quantitative estimate of drug-likeness (QED) is 0.525. The zero-order valence-corrected chi connectivity index (χ0v) is 22.0. The summed E-state index contributed by atoms with van der Waals surface area (Å²) < 4.78 is 2.11. The molecule has 9 heteroatoms. The van der Waals surface area contributed by atoms with Crippen molar-refractivity contribution in [2.45, 2.75) is 58.0 Å². The van der Waals surface area contributed by atoms with Gasteiger partial charge in [-0.3, -0.25) is 14.3 Å². The number of amides is 2. The van der Waals surface area contributed by atoms with Gasteiger partial charge in [-0.15, -0.1) is 0 Å². The first kappa shape index (κ1) is 25.2. The number of carbonyl (C=O) groups excluding carboxylic acids is 2. The number of nitrogen functional groups attached to an aromatic ring is 1. The molecule has 9 nitrogen and oxygen atoms in total. The SMILES string of the molecule is CCc1cc(NC(=O)C(=O)N2C[C@@H](C)CC[C@@H]2c2ccc3cn(C4CCCN(C)C4)nc3c2)cnc1N. The van der Waals surface area contributed by atoms with Crippen molar-refractivity contribution in [1.82, 2.24) is 24.6 Å². The molecule has 3 atom stereocenters. The van der Waals surface area contributed by atoms with Crippen LogP contribution >= 0.6 is 0 Å². The van der Waals surface area contributed by atoms with Crippen molar-refractivity contribution in [2.24, 2.45) is 5.92 Å². The number of nitrogens with zero attached hydrogens (tertiary/aromatic N) is 5. The first-order valence-electron chi connectivity index (χ1n) is 13.4. The number of likely N-dealkylation sites (tertiary alicyclic amines) is 2. The van der Waals surface area contributed by atoms with Crippen molar-refractivity contribution < 1.29 is 9.59 Å². The predicted octanol–water partition coefficient (Wildman–Crippen LogP) is 3.78. The van der Waals surface area contributed by atoms with Gasteiger partial charge >= 0.3 is 11.8 Å². The fourth-order valence-corrected chi connectivity index (χ4v) is 5.71. The highest BCUT2D eigenvalue weighted by atomic mass is 16.2. The lowest BCUT2D eigenvalue weighted by atomic mass is 9.89. The maximum atomic E-state index is 13.4. The highest BCUT2D eigenvalue weighted by molar-refractivity contribution is 6.39. The Hall–Kier alpha value is -3.46. The van der Waals surface area contributed by atoms with Gasteiger partial charge in [0.2, 0.25) is 0 Å². The van der Waals surface area contributed by atoms with Crippen molar-refractivity contribution in [3.05, 3.63) is 47.8 Å². The van der Waals surface area contributed by atoms with E-state index in [9.17, 15) is 9.59 Å². The third-order valence-corrected chi connectivity index (χ3v) is 7.82. The first-order valence-corrected chi connectivity index (χ1v) is 13.4. The van der Waals surface area contributed by atoms with E-state index >= 15 is 0 Å². The van der Waals surface area contributed by atoms with Crippen LogP contribution < -0.4 is 11.1 Å². The van der Waals surface area contributed by atoms with Gasteiger partial charge in [-0.1, -0.05) is 26.0 Å². The second-order valence-electron chi connectivity index (χ2n) is 10.7. The van der Waals surface area contributed by atoms with Crippen LogP contribution in [-0.4, -0.2) is 63.1 Å². The average molecular weight is 504 g/mol. The Labute approximate surface area is 218 Å². The molecule has 2 amide bonds. The van der Waals surface area contributed by atoms with Crippen LogP contribution in [-0.2, 0) is 16.0 Å². The maximum absolute atomic E-state index is 13.4. The molecule has 2 saturated heterocycles. The van der Waals surface area contributed by atoms with Crippen molar-refractivity contribution in [3.63, 3.8) is 0 Å². The number of aryl methyl sites for hydroxylation is 1. The number of anilines is 2. The van der Waals surface area contributed by atoms with Gasteiger partial charge in [0.15, 0.2) is 0 Å². The summed E-state index contributed by atoms with van der Waals surface area (Å²) in [4.78, 5) is 34.6. The smallest absolute Gasteiger partial charge is 0.313 e. The summed E-state index contributed by atoms with van der Waals surface area (Å²) in [6.45, 7) is 6.77. The fraction of sp³-hybridized carbons (Fsp3) is 0.500. The summed E-state index contributed by atoms with van der Waals surface area (Å²) in [6.07, 6.45) is 8.43. The van der Waals surface area contributed by atoms with Crippen LogP contribution in [0.4, 0.5) is 11.5 Å². The van der Waals surface area contributed by atoms with E-state index in [1.165, 1.54) is 12.6 Å². The van der Waals surface area contributed by atoms with Gasteiger partial charge in [-0.25, -0.2) is 4.98 Å². The van der Waals surface area contributed by atoms with Crippen LogP contribution in [0, 0.1) is 5.92 Å². The molecule has 2 aromatic heterocycles. The minimum atomic E-state index is -0.653. The molecule has 2 fully saturated rings. The summed E-state index contributed by atoms with van der Waals surface area (Å²) in [5.41, 5.74) is 9.15. The van der Waals surface area contributed by atoms with E-state index in [1.807, 2.05) is 6.92 Å². The molecule has 4 heterocycles. The normalized spacial score (nSPS) is 22.8. The molecule has 196 valence electrons. The summed E-state index contributed by atoms with van der Waals surface area (Å²) in [6, 6.07) is 8.25. The molecular formula is C28H37N7O2. The maximum Gasteiger partial charge on any atom is 0.313 e. The van der Waals surface area contributed by atoms with E-state index in [2.05, 4.69) is 58.2 Å². The largest absolute Gasteiger partial charge is 0.383 e. The lowest BCUT2D eigenvalue weighted by Crippen LogP contribution is -2.46. The molecule has 3 N–H and O–H groups in total. The standard InChI is InChI=1S/C28H37N7O2/c1-4-19-12-22(14-30-26(19)29)31-27(36)28(37)34-15-18(2)7-10-25(34)20-8-9-21-16-35(32-24(21)13-20)23-6-5-11-33(3)17-23/h8-9,12-14,16,18,23,25H,4-7,10-11,15,17H2,1-3H3,(H2,29,30)(H,31,36)/t18-,23?,25+/m0/s1. The first-order chi connectivity index (χ1) is 17.8. The summed E-state index contributed by atoms with van der Waals surface area (Å²) in [5.74, 6) is -0.420. The second-order valence-corrected chi connectivity index (χ2v) is 10.7. The van der Waals surface area contributed by atoms with Gasteiger partial charge in [0.1, 0.15) is 5.82 Å². The van der Waals surface area contributed by atoms with Gasteiger partial charge in [0, 0.05) is 24.7 Å². The number of nitrogens with one attached hydrogen (secondary N) is 1. The van der Waals surface area contributed by atoms with Crippen LogP contribution in [0.15, 0.2) is 36.7 Å². The molecule has 1 unspecified atom stereocenters. The van der Waals surface area contributed by atoms with Crippen LogP contribution in [0.25, 0.3) is 10.9 Å². The highest BCUT2D eigenvalue weighted by Gasteiger charge is 2.34. The third kappa shape index (κ3) is 5.32. The third-order valence-electron chi connectivity index (χ3n) is 7.82. The van der Waals surface area contributed by atoms with E-state index in [-0.39, 0.29) is 6.04 Å². The predicted molar refractivity (Wildman–Crippen MR) is 145 cm³/mol. The summed E-state index contributed by atoms with van der Waals surface area (Å²) in [7, 11) is 2.16. The Morgan fingerprint density at radius 1 is 1.16 bits per heavy atom. The fourth-order valence-electron chi connectivity index (χ4n) is 5.71. The number of nitrogens with two attached hydrogens (primary N) is 1. The molecule has 0 spiro atoms. The number of fused-ring (bicyclic) bond motifs is 1. The zero-order valence-electron chi connectivity index (χ0n) is 22.0. The van der Waals surface area contributed by atoms with Crippen LogP contribution in [0.2, 0.25) is 0 Å². The lowest BCUT2D eigenvalue weighted by molar-refractivity contribution is -0.146. The molecule has 0 radical (unpaired) electrons. The van der Waals surface area contributed by atoms with E-state index in [0.29, 0.717) is 36.4 Å². The van der Waals surface area contributed by atoms with Crippen LogP contribution in [0.1, 0.15) is 62.7 Å². The Morgan fingerprint density at radius 3 is 2.78 bits per heavy atom. The lowest BCUT2D eigenvalue weighted by Gasteiger charge is -2.38. The monoisotopic (exact) mass is 503 g/mol. The molecule has 2 aliphatic heterocycles. The van der Waals surface area contributed by atoms with Crippen molar-refractivity contribution in [1.29, 1.82) is 0 Å². The zero-order chi connectivity index (χ0) is 26.1. The minimum Gasteiger partial charge on any atom is -0.383 e. The molecule has 2 aliphatic rings. The van der Waals surface area contributed by atoms with Gasteiger partial charge < -0.3 is 20.9 Å². The second kappa shape index (κ2) is 10.5. The van der Waals surface area contributed by atoms with Gasteiger partial charge in [-0.2, -0.15) is 5.10 Å². The Morgan fingerprint density at radius 2 is 2.00 bits per heavy atom. The molecular weight excluding hydrogens is 466 g/mol. The number of hydrogen-bond acceptors (Lipinski definition) is 6. The number of carbonyl (C=O) groups is 2. The van der Waals surface area contributed by atoms with Gasteiger partial charge in [0.05, 0.1) is 29.5 Å². The van der Waals surface area contributed by atoms with Gasteiger partial charge in [-0.05, 0) is 74.9 Å². The average Bonchev–Trinajstić information content (AvgIpc) is 3.33. The topological polar surface area (TPSA) is 109 Å². The Kier molecular flexibility index (Phi) is 7.15. The number of likely N-dealkylation sites (N-methyl/N-ethyl adjacent to an activating group) is 1. The van der Waals surface area contributed by atoms with Crippen molar-refractivity contribution in [2.75, 3.05) is 37.7 Å². The number of hydrogen-bond donors (Lipinski definition) is 2. The van der Waals surface area contributed by atoms with Crippen LogP contribution in [0.3, 0.4) is 0 Å². The number of piperidine rings is 2. The number of aromatic nitrogens is 3. The van der Waals surface area contributed by atoms with Gasteiger partial charge in [0.25, 0.3) is 0 Å². The summed E-state index contributed by atoms with van der Waals surface area (Å²) in [5, 5.41) is 8.75. The summed E-state index contributed by atoms with van der Waals surface area (Å²) >= 11 is 0. The van der Waals surface area contributed by atoms with E-state index in [1.54, 1.807) is 11.0 Å². The van der Waals surface area contributed by atoms with E-state index in [0.717, 1.165) is 54.4 Å². The molecule has 0 bridgehead atoms. The molecule has 0 saturated carbocycles. The molecule has 37 heavy (non-hydrogen) atoms. The van der Waals surface area contributed by atoms with Crippen molar-refractivity contribution in [3.8, 4) is 0 Å². The van der Waals surface area contributed by atoms with Crippen molar-refractivity contribution >= 4 is 34.2 Å². The van der Waals surface area contributed by atoms with E-state index in [4.69, 9.17) is 10.8 Å².